The molecule has 0 aliphatic carbocycles. The molecule has 0 atom stereocenters. The molecule has 0 spiro atoms. The number of aryl methyl sites for hydroxylation is 2. The molecule has 1 aliphatic heterocycles. The highest BCUT2D eigenvalue weighted by molar-refractivity contribution is 5.90. The van der Waals surface area contributed by atoms with Gasteiger partial charge in [-0.3, -0.25) is 10.3 Å². The third-order valence-corrected chi connectivity index (χ3v) is 4.32. The molecule has 0 amide bonds. The van der Waals surface area contributed by atoms with Crippen molar-refractivity contribution in [1.29, 1.82) is 0 Å². The number of aliphatic imine (C=N–C) groups is 1. The maximum absolute atomic E-state index is 12.7. The topological polar surface area (TPSA) is 85.4 Å². The first-order chi connectivity index (χ1) is 14.2. The molecule has 30 heavy (non-hydrogen) atoms. The quantitative estimate of drug-likeness (QED) is 0.562. The van der Waals surface area contributed by atoms with E-state index in [1.807, 2.05) is 26.0 Å². The van der Waals surface area contributed by atoms with Gasteiger partial charge in [0.15, 0.2) is 5.96 Å². The van der Waals surface area contributed by atoms with E-state index >= 15 is 0 Å². The standard InChI is InChI=1S/C21H22F3N5O/c1-13-11-14(2)28-20(27-13)29-19(25)26-10-9-15-3-8-18(30-12-15)16-4-6-17(7-5-16)21(22,23)24/h3-8,11H,9-10,12H2,1-2H3,(H3,25,26,27,28,29). The number of nitrogens with one attached hydrogen (secondary N) is 1. The van der Waals surface area contributed by atoms with Gasteiger partial charge in [0, 0.05) is 23.5 Å². The Kier molecular flexibility index (Phi) is 6.39. The van der Waals surface area contributed by atoms with Gasteiger partial charge in [0.2, 0.25) is 5.95 Å². The largest absolute Gasteiger partial charge is 0.489 e. The van der Waals surface area contributed by atoms with Crippen molar-refractivity contribution in [3.05, 3.63) is 70.6 Å². The predicted octanol–water partition coefficient (Wildman–Crippen LogP) is 4.23. The molecule has 2 aromatic rings. The minimum absolute atomic E-state index is 0.221. The maximum Gasteiger partial charge on any atom is 0.416 e. The molecular weight excluding hydrogens is 395 g/mol. The molecule has 158 valence electrons. The number of guanidine groups is 1. The second kappa shape index (κ2) is 8.98. The summed E-state index contributed by atoms with van der Waals surface area (Å²) >= 11 is 0. The first-order valence-corrected chi connectivity index (χ1v) is 9.30. The molecule has 0 saturated carbocycles. The summed E-state index contributed by atoms with van der Waals surface area (Å²) < 4.78 is 43.7. The van der Waals surface area contributed by atoms with E-state index in [0.717, 1.165) is 29.1 Å². The minimum atomic E-state index is -4.35. The Labute approximate surface area is 172 Å². The van der Waals surface area contributed by atoms with Crippen molar-refractivity contribution < 1.29 is 17.9 Å². The van der Waals surface area contributed by atoms with Gasteiger partial charge < -0.3 is 10.5 Å². The maximum atomic E-state index is 12.7. The minimum Gasteiger partial charge on any atom is -0.489 e. The summed E-state index contributed by atoms with van der Waals surface area (Å²) in [7, 11) is 0. The molecule has 1 aromatic heterocycles. The lowest BCUT2D eigenvalue weighted by Crippen LogP contribution is -2.24. The molecule has 0 fully saturated rings. The first-order valence-electron chi connectivity index (χ1n) is 9.30. The smallest absolute Gasteiger partial charge is 0.416 e. The number of allylic oxidation sites excluding steroid dienone is 2. The van der Waals surface area contributed by atoms with Gasteiger partial charge >= 0.3 is 6.18 Å². The van der Waals surface area contributed by atoms with Gasteiger partial charge in [-0.15, -0.1) is 0 Å². The number of anilines is 1. The Morgan fingerprint density at radius 3 is 2.37 bits per heavy atom. The Bertz CT molecular complexity index is 974. The third kappa shape index (κ3) is 5.82. The van der Waals surface area contributed by atoms with E-state index in [4.69, 9.17) is 10.5 Å². The van der Waals surface area contributed by atoms with Crippen molar-refractivity contribution in [3.63, 3.8) is 0 Å². The third-order valence-electron chi connectivity index (χ3n) is 4.32. The summed E-state index contributed by atoms with van der Waals surface area (Å²) in [5.74, 6) is 1.15. The number of alkyl halides is 3. The lowest BCUT2D eigenvalue weighted by molar-refractivity contribution is -0.137. The zero-order chi connectivity index (χ0) is 21.7. The molecule has 3 rings (SSSR count). The van der Waals surface area contributed by atoms with Crippen LogP contribution in [0.15, 0.2) is 53.0 Å². The molecule has 0 saturated heterocycles. The van der Waals surface area contributed by atoms with E-state index < -0.39 is 11.7 Å². The SMILES string of the molecule is Cc1cc(C)nc(NC(N)=NCCC2=CC=C(c3ccc(C(F)(F)F)cc3)OC2)n1. The van der Waals surface area contributed by atoms with Gasteiger partial charge in [0.1, 0.15) is 12.4 Å². The van der Waals surface area contributed by atoms with E-state index in [9.17, 15) is 13.2 Å². The summed E-state index contributed by atoms with van der Waals surface area (Å²) in [5, 5.41) is 2.87. The molecule has 0 unspecified atom stereocenters. The summed E-state index contributed by atoms with van der Waals surface area (Å²) in [6.45, 7) is 4.53. The van der Waals surface area contributed by atoms with E-state index in [1.165, 1.54) is 12.1 Å². The van der Waals surface area contributed by atoms with Crippen LogP contribution in [-0.4, -0.2) is 29.1 Å². The van der Waals surface area contributed by atoms with Crippen molar-refractivity contribution >= 4 is 17.7 Å². The summed E-state index contributed by atoms with van der Waals surface area (Å²) in [4.78, 5) is 12.7. The van der Waals surface area contributed by atoms with Gasteiger partial charge in [-0.2, -0.15) is 13.2 Å². The Balaban J connectivity index is 1.55. The first kappa shape index (κ1) is 21.4. The van der Waals surface area contributed by atoms with Crippen LogP contribution in [0.2, 0.25) is 0 Å². The van der Waals surface area contributed by atoms with Crippen LogP contribution in [0.3, 0.4) is 0 Å². The Morgan fingerprint density at radius 1 is 1.13 bits per heavy atom. The Morgan fingerprint density at radius 2 is 1.80 bits per heavy atom. The summed E-state index contributed by atoms with van der Waals surface area (Å²) in [6, 6.07) is 6.75. The van der Waals surface area contributed by atoms with E-state index in [1.54, 1.807) is 6.08 Å². The lowest BCUT2D eigenvalue weighted by atomic mass is 10.1. The Hall–Kier alpha value is -3.36. The molecule has 9 heteroatoms. The number of aromatic nitrogens is 2. The normalized spacial score (nSPS) is 14.6. The molecule has 1 aliphatic rings. The summed E-state index contributed by atoms with van der Waals surface area (Å²) in [6.07, 6.45) is -0.0828. The molecule has 1 aromatic carbocycles. The number of rotatable bonds is 5. The van der Waals surface area contributed by atoms with Gasteiger partial charge in [0.05, 0.1) is 5.56 Å². The molecule has 2 heterocycles. The number of ether oxygens (including phenoxy) is 1. The fourth-order valence-electron chi connectivity index (χ4n) is 2.87. The van der Waals surface area contributed by atoms with Gasteiger partial charge in [-0.05, 0) is 50.1 Å². The molecular formula is C21H22F3N5O. The van der Waals surface area contributed by atoms with Crippen molar-refractivity contribution in [2.75, 3.05) is 18.5 Å². The highest BCUT2D eigenvalue weighted by Gasteiger charge is 2.30. The van der Waals surface area contributed by atoms with Crippen LogP contribution in [0.1, 0.15) is 28.9 Å². The van der Waals surface area contributed by atoms with Crippen molar-refractivity contribution in [3.8, 4) is 0 Å². The van der Waals surface area contributed by atoms with Crippen LogP contribution in [0.4, 0.5) is 19.1 Å². The van der Waals surface area contributed by atoms with Gasteiger partial charge in [-0.25, -0.2) is 9.97 Å². The van der Waals surface area contributed by atoms with Crippen LogP contribution in [0.25, 0.3) is 5.76 Å². The lowest BCUT2D eigenvalue weighted by Gasteiger charge is -2.17. The van der Waals surface area contributed by atoms with Crippen molar-refractivity contribution in [2.45, 2.75) is 26.4 Å². The fourth-order valence-corrected chi connectivity index (χ4v) is 2.87. The second-order valence-electron chi connectivity index (χ2n) is 6.84. The van der Waals surface area contributed by atoms with Crippen molar-refractivity contribution in [2.24, 2.45) is 10.7 Å². The predicted molar refractivity (Wildman–Crippen MR) is 110 cm³/mol. The molecule has 0 radical (unpaired) electrons. The second-order valence-corrected chi connectivity index (χ2v) is 6.84. The van der Waals surface area contributed by atoms with E-state index in [-0.39, 0.29) is 5.96 Å². The van der Waals surface area contributed by atoms with E-state index in [0.29, 0.717) is 36.8 Å². The number of nitrogens with two attached hydrogens (primary N) is 1. The average Bonchev–Trinajstić information content (AvgIpc) is 2.67. The average molecular weight is 417 g/mol. The van der Waals surface area contributed by atoms with Crippen molar-refractivity contribution in [1.82, 2.24) is 9.97 Å². The molecule has 0 bridgehead atoms. The number of halogens is 3. The van der Waals surface area contributed by atoms with Crippen LogP contribution < -0.4 is 11.1 Å². The molecule has 3 N–H and O–H groups in total. The zero-order valence-corrected chi connectivity index (χ0v) is 16.6. The number of hydrogen-bond donors (Lipinski definition) is 2. The van der Waals surface area contributed by atoms with Crippen LogP contribution >= 0.6 is 0 Å². The number of nitrogens with zero attached hydrogens (tertiary/aromatic N) is 3. The van der Waals surface area contributed by atoms with Crippen LogP contribution in [0, 0.1) is 13.8 Å². The van der Waals surface area contributed by atoms with Gasteiger partial charge in [0.25, 0.3) is 0 Å². The van der Waals surface area contributed by atoms with Gasteiger partial charge in [-0.1, -0.05) is 18.2 Å². The fraction of sp³-hybridized carbons (Fsp3) is 0.286. The number of benzene rings is 1. The summed E-state index contributed by atoms with van der Waals surface area (Å²) in [5.41, 5.74) is 8.46. The highest BCUT2D eigenvalue weighted by atomic mass is 19.4. The highest BCUT2D eigenvalue weighted by Crippen LogP contribution is 2.31. The van der Waals surface area contributed by atoms with Crippen LogP contribution in [0.5, 0.6) is 0 Å². The zero-order valence-electron chi connectivity index (χ0n) is 16.6. The monoisotopic (exact) mass is 417 g/mol. The molecule has 6 nitrogen and oxygen atoms in total. The number of hydrogen-bond acceptors (Lipinski definition) is 4. The van der Waals surface area contributed by atoms with Crippen LogP contribution in [-0.2, 0) is 10.9 Å². The van der Waals surface area contributed by atoms with E-state index in [2.05, 4.69) is 20.3 Å².